The molecule has 1 aliphatic carbocycles. The highest BCUT2D eigenvalue weighted by Crippen LogP contribution is 2.32. The van der Waals surface area contributed by atoms with Crippen molar-refractivity contribution in [2.45, 2.75) is 58.1 Å². The van der Waals surface area contributed by atoms with Crippen LogP contribution in [0, 0.1) is 0 Å². The van der Waals surface area contributed by atoms with Crippen LogP contribution in [0.1, 0.15) is 46.5 Å². The maximum atomic E-state index is 5.88. The van der Waals surface area contributed by atoms with E-state index in [1.807, 2.05) is 13.8 Å². The second kappa shape index (κ2) is 5.26. The molecule has 1 fully saturated rings. The number of rotatable bonds is 4. The molecule has 0 spiro atoms. The van der Waals surface area contributed by atoms with E-state index >= 15 is 0 Å². The first-order valence-corrected chi connectivity index (χ1v) is 6.71. The Balaban J connectivity index is 2.14. The van der Waals surface area contributed by atoms with Crippen molar-refractivity contribution in [3.8, 4) is 6.01 Å². The highest BCUT2D eigenvalue weighted by Gasteiger charge is 2.29. The zero-order valence-electron chi connectivity index (χ0n) is 11.0. The standard InChI is InChI=1S/C12H19ClN4O/c1-8(2)18-11-15-9(13)14-10(16-11)17-12(3)6-4-5-7-12/h8H,4-7H2,1-3H3,(H,14,15,16,17). The predicted molar refractivity (Wildman–Crippen MR) is 71.1 cm³/mol. The Labute approximate surface area is 112 Å². The summed E-state index contributed by atoms with van der Waals surface area (Å²) >= 11 is 5.88. The van der Waals surface area contributed by atoms with Gasteiger partial charge in [-0.15, -0.1) is 0 Å². The molecule has 0 saturated heterocycles. The van der Waals surface area contributed by atoms with E-state index in [0.717, 1.165) is 12.8 Å². The van der Waals surface area contributed by atoms with Gasteiger partial charge in [0.15, 0.2) is 0 Å². The van der Waals surface area contributed by atoms with E-state index in [-0.39, 0.29) is 22.9 Å². The second-order valence-corrected chi connectivity index (χ2v) is 5.61. The SMILES string of the molecule is CC(C)Oc1nc(Cl)nc(NC2(C)CCCC2)n1. The summed E-state index contributed by atoms with van der Waals surface area (Å²) in [6.07, 6.45) is 4.72. The number of ether oxygens (including phenoxy) is 1. The van der Waals surface area contributed by atoms with Gasteiger partial charge in [-0.05, 0) is 45.2 Å². The summed E-state index contributed by atoms with van der Waals surface area (Å²) in [5.74, 6) is 0.495. The first kappa shape index (κ1) is 13.3. The molecule has 6 heteroatoms. The molecule has 0 aromatic carbocycles. The van der Waals surface area contributed by atoms with Crippen LogP contribution in [0.4, 0.5) is 5.95 Å². The van der Waals surface area contributed by atoms with Crippen molar-refractivity contribution < 1.29 is 4.74 Å². The summed E-state index contributed by atoms with van der Waals surface area (Å²) in [6.45, 7) is 6.02. The van der Waals surface area contributed by atoms with Crippen LogP contribution in [0.3, 0.4) is 0 Å². The molecular formula is C12H19ClN4O. The summed E-state index contributed by atoms with van der Waals surface area (Å²) in [5.41, 5.74) is 0.0553. The highest BCUT2D eigenvalue weighted by atomic mass is 35.5. The smallest absolute Gasteiger partial charge is 0.322 e. The number of hydrogen-bond donors (Lipinski definition) is 1. The van der Waals surface area contributed by atoms with Crippen molar-refractivity contribution >= 4 is 17.5 Å². The topological polar surface area (TPSA) is 59.9 Å². The van der Waals surface area contributed by atoms with Gasteiger partial charge in [0.25, 0.3) is 0 Å². The summed E-state index contributed by atoms with van der Waals surface area (Å²) in [7, 11) is 0. The molecule has 5 nitrogen and oxygen atoms in total. The van der Waals surface area contributed by atoms with Gasteiger partial charge >= 0.3 is 6.01 Å². The van der Waals surface area contributed by atoms with Crippen LogP contribution in [-0.2, 0) is 0 Å². The lowest BCUT2D eigenvalue weighted by Crippen LogP contribution is -2.32. The number of nitrogens with zero attached hydrogens (tertiary/aromatic N) is 3. The Morgan fingerprint density at radius 3 is 2.50 bits per heavy atom. The average molecular weight is 271 g/mol. The van der Waals surface area contributed by atoms with Crippen LogP contribution < -0.4 is 10.1 Å². The van der Waals surface area contributed by atoms with E-state index in [4.69, 9.17) is 16.3 Å². The van der Waals surface area contributed by atoms with Crippen LogP contribution in [0.5, 0.6) is 6.01 Å². The minimum atomic E-state index is 0.0124. The van der Waals surface area contributed by atoms with Gasteiger partial charge in [0.2, 0.25) is 11.2 Å². The number of hydrogen-bond acceptors (Lipinski definition) is 5. The first-order chi connectivity index (χ1) is 8.47. The van der Waals surface area contributed by atoms with Gasteiger partial charge in [-0.2, -0.15) is 15.0 Å². The van der Waals surface area contributed by atoms with Crippen molar-refractivity contribution in [1.82, 2.24) is 15.0 Å². The first-order valence-electron chi connectivity index (χ1n) is 6.33. The molecule has 0 unspecified atom stereocenters. The predicted octanol–water partition coefficient (Wildman–Crippen LogP) is 3.06. The Morgan fingerprint density at radius 1 is 1.22 bits per heavy atom. The number of halogens is 1. The minimum absolute atomic E-state index is 0.0124. The van der Waals surface area contributed by atoms with Crippen molar-refractivity contribution in [1.29, 1.82) is 0 Å². The van der Waals surface area contributed by atoms with Gasteiger partial charge in [-0.3, -0.25) is 0 Å². The Bertz CT molecular complexity index is 419. The lowest BCUT2D eigenvalue weighted by Gasteiger charge is -2.25. The van der Waals surface area contributed by atoms with Gasteiger partial charge in [0.05, 0.1) is 6.10 Å². The molecule has 1 aromatic rings. The number of nitrogens with one attached hydrogen (secondary N) is 1. The molecule has 0 amide bonds. The molecule has 100 valence electrons. The molecule has 1 saturated carbocycles. The molecule has 1 aromatic heterocycles. The van der Waals surface area contributed by atoms with Crippen LogP contribution in [0.2, 0.25) is 5.28 Å². The van der Waals surface area contributed by atoms with E-state index in [9.17, 15) is 0 Å². The molecule has 0 atom stereocenters. The number of anilines is 1. The van der Waals surface area contributed by atoms with E-state index in [1.54, 1.807) is 0 Å². The fourth-order valence-corrected chi connectivity index (χ4v) is 2.35. The van der Waals surface area contributed by atoms with E-state index in [2.05, 4.69) is 27.2 Å². The molecule has 18 heavy (non-hydrogen) atoms. The second-order valence-electron chi connectivity index (χ2n) is 5.27. The van der Waals surface area contributed by atoms with Gasteiger partial charge < -0.3 is 10.1 Å². The minimum Gasteiger partial charge on any atom is -0.461 e. The van der Waals surface area contributed by atoms with E-state index in [1.165, 1.54) is 12.8 Å². The Morgan fingerprint density at radius 2 is 1.89 bits per heavy atom. The fraction of sp³-hybridized carbons (Fsp3) is 0.750. The molecule has 1 heterocycles. The molecule has 1 aliphatic rings. The highest BCUT2D eigenvalue weighted by molar-refractivity contribution is 6.28. The zero-order chi connectivity index (χ0) is 13.2. The van der Waals surface area contributed by atoms with Gasteiger partial charge in [0, 0.05) is 5.54 Å². The van der Waals surface area contributed by atoms with Crippen LogP contribution in [0.15, 0.2) is 0 Å². The van der Waals surface area contributed by atoms with Gasteiger partial charge in [0.1, 0.15) is 0 Å². The monoisotopic (exact) mass is 270 g/mol. The van der Waals surface area contributed by atoms with Crippen molar-refractivity contribution in [2.75, 3.05) is 5.32 Å². The molecule has 1 N–H and O–H groups in total. The molecule has 0 radical (unpaired) electrons. The maximum Gasteiger partial charge on any atom is 0.322 e. The normalized spacial score (nSPS) is 18.1. The zero-order valence-corrected chi connectivity index (χ0v) is 11.8. The Kier molecular flexibility index (Phi) is 3.90. The van der Waals surface area contributed by atoms with Gasteiger partial charge in [-0.1, -0.05) is 12.8 Å². The van der Waals surface area contributed by atoms with E-state index < -0.39 is 0 Å². The molecule has 0 bridgehead atoms. The summed E-state index contributed by atoms with van der Waals surface area (Å²) in [6, 6.07) is 0.272. The third kappa shape index (κ3) is 3.45. The van der Waals surface area contributed by atoms with Crippen LogP contribution >= 0.6 is 11.6 Å². The maximum absolute atomic E-state index is 5.88. The molecule has 0 aliphatic heterocycles. The summed E-state index contributed by atoms with van der Waals surface area (Å²) in [4.78, 5) is 12.3. The third-order valence-electron chi connectivity index (χ3n) is 3.05. The largest absolute Gasteiger partial charge is 0.461 e. The fourth-order valence-electron chi connectivity index (χ4n) is 2.20. The quantitative estimate of drug-likeness (QED) is 0.911. The third-order valence-corrected chi connectivity index (χ3v) is 3.22. The van der Waals surface area contributed by atoms with Crippen LogP contribution in [0.25, 0.3) is 0 Å². The molecular weight excluding hydrogens is 252 g/mol. The lowest BCUT2D eigenvalue weighted by molar-refractivity contribution is 0.221. The Hall–Kier alpha value is -1.10. The van der Waals surface area contributed by atoms with Crippen molar-refractivity contribution in [2.24, 2.45) is 0 Å². The van der Waals surface area contributed by atoms with E-state index in [0.29, 0.717) is 5.95 Å². The lowest BCUT2D eigenvalue weighted by atomic mass is 10.0. The van der Waals surface area contributed by atoms with Crippen molar-refractivity contribution in [3.05, 3.63) is 5.28 Å². The average Bonchev–Trinajstić information content (AvgIpc) is 2.62. The molecule has 2 rings (SSSR count). The number of aromatic nitrogens is 3. The van der Waals surface area contributed by atoms with Crippen LogP contribution in [-0.4, -0.2) is 26.6 Å². The van der Waals surface area contributed by atoms with Gasteiger partial charge in [-0.25, -0.2) is 0 Å². The summed E-state index contributed by atoms with van der Waals surface area (Å²) < 4.78 is 5.45. The summed E-state index contributed by atoms with van der Waals surface area (Å²) in [5, 5.41) is 3.50. The van der Waals surface area contributed by atoms with Crippen molar-refractivity contribution in [3.63, 3.8) is 0 Å².